The lowest BCUT2D eigenvalue weighted by Crippen LogP contribution is -2.49. The third-order valence-corrected chi connectivity index (χ3v) is 7.56. The molecule has 1 heterocycles. The zero-order valence-corrected chi connectivity index (χ0v) is 22.0. The molecular weight excluding hydrogens is 525 g/mol. The van der Waals surface area contributed by atoms with Gasteiger partial charge in [-0.25, -0.2) is 4.79 Å². The summed E-state index contributed by atoms with van der Waals surface area (Å²) in [6.45, 7) is 3.32. The average molecular weight is 552 g/mol. The van der Waals surface area contributed by atoms with E-state index in [9.17, 15) is 17.1 Å². The van der Waals surface area contributed by atoms with Gasteiger partial charge in [0.05, 0.1) is 6.54 Å². The second-order valence-corrected chi connectivity index (χ2v) is 10.3. The number of benzene rings is 3. The van der Waals surface area contributed by atoms with E-state index in [-0.39, 0.29) is 24.8 Å². The summed E-state index contributed by atoms with van der Waals surface area (Å²) >= 11 is 0. The molecule has 0 N–H and O–H groups in total. The number of carbonyl (C=O) groups is 1. The van der Waals surface area contributed by atoms with Crippen molar-refractivity contribution in [3.63, 3.8) is 0 Å². The summed E-state index contributed by atoms with van der Waals surface area (Å²) in [7, 11) is -5.25. The highest BCUT2D eigenvalue weighted by Gasteiger charge is 2.30. The van der Waals surface area contributed by atoms with Gasteiger partial charge in [-0.15, -0.1) is 0 Å². The van der Waals surface area contributed by atoms with Gasteiger partial charge in [0.1, 0.15) is 6.61 Å². The molecule has 0 bridgehead atoms. The Morgan fingerprint density at radius 3 is 2.26 bits per heavy atom. The fraction of sp³-hybridized carbons (Fsp3) is 0.296. The standard InChI is InChI=1S/C27H26FN5O5S/c1-18-19(16-30-31-29)14-20(15-26(18)38-39(28,35)36)32-10-12-33(13-11-32)27(34)37-17-25-23-8-4-2-6-21(23)22-7-3-5-9-24(22)25/h2-9,14-15,25H,10-13,16-17H2,1H3. The zero-order chi connectivity index (χ0) is 27.6. The molecule has 0 atom stereocenters. The number of azide groups is 1. The molecule has 1 aliphatic carbocycles. The van der Waals surface area contributed by atoms with Crippen molar-refractivity contribution in [3.8, 4) is 16.9 Å². The van der Waals surface area contributed by atoms with Crippen LogP contribution in [0.1, 0.15) is 28.2 Å². The van der Waals surface area contributed by atoms with Crippen LogP contribution in [-0.4, -0.2) is 52.2 Å². The molecule has 0 unspecified atom stereocenters. The van der Waals surface area contributed by atoms with Crippen LogP contribution >= 0.6 is 0 Å². The van der Waals surface area contributed by atoms with Crippen LogP contribution in [0.4, 0.5) is 14.4 Å². The number of nitrogens with zero attached hydrogens (tertiary/aromatic N) is 5. The van der Waals surface area contributed by atoms with Crippen molar-refractivity contribution in [2.24, 2.45) is 5.11 Å². The van der Waals surface area contributed by atoms with E-state index in [0.717, 1.165) is 22.3 Å². The van der Waals surface area contributed by atoms with Crippen LogP contribution in [0.5, 0.6) is 5.75 Å². The van der Waals surface area contributed by atoms with E-state index >= 15 is 0 Å². The quantitative estimate of drug-likeness (QED) is 0.166. The first kappa shape index (κ1) is 26.3. The minimum atomic E-state index is -5.25. The molecule has 1 amide bonds. The first-order valence-corrected chi connectivity index (χ1v) is 13.7. The van der Waals surface area contributed by atoms with E-state index in [4.69, 9.17) is 10.3 Å². The van der Waals surface area contributed by atoms with Gasteiger partial charge in [-0.3, -0.25) is 0 Å². The summed E-state index contributed by atoms with van der Waals surface area (Å²) in [5.74, 6) is -0.216. The molecule has 2 aliphatic rings. The van der Waals surface area contributed by atoms with Crippen LogP contribution in [-0.2, 0) is 21.8 Å². The number of hydrogen-bond acceptors (Lipinski definition) is 7. The van der Waals surface area contributed by atoms with Gasteiger partial charge in [0.2, 0.25) is 0 Å². The molecule has 0 saturated carbocycles. The molecule has 3 aromatic rings. The molecule has 12 heteroatoms. The maximum Gasteiger partial charge on any atom is 0.488 e. The molecule has 0 aromatic heterocycles. The number of ether oxygens (including phenoxy) is 1. The third kappa shape index (κ3) is 5.62. The van der Waals surface area contributed by atoms with Gasteiger partial charge in [0.15, 0.2) is 5.75 Å². The molecule has 5 rings (SSSR count). The van der Waals surface area contributed by atoms with E-state index in [1.54, 1.807) is 17.9 Å². The Morgan fingerprint density at radius 1 is 1.05 bits per heavy atom. The largest absolute Gasteiger partial charge is 0.488 e. The number of rotatable bonds is 7. The van der Waals surface area contributed by atoms with Crippen molar-refractivity contribution in [1.82, 2.24) is 4.90 Å². The van der Waals surface area contributed by atoms with Gasteiger partial charge in [-0.05, 0) is 51.9 Å². The number of carbonyl (C=O) groups excluding carboxylic acids is 1. The first-order valence-electron chi connectivity index (χ1n) is 12.4. The Kier molecular flexibility index (Phi) is 7.32. The Hall–Kier alpha value is -4.28. The first-order chi connectivity index (χ1) is 18.7. The fourth-order valence-corrected chi connectivity index (χ4v) is 5.60. The predicted octanol–water partition coefficient (Wildman–Crippen LogP) is 5.47. The maximum atomic E-state index is 13.3. The fourth-order valence-electron chi connectivity index (χ4n) is 5.21. The lowest BCUT2D eigenvalue weighted by atomic mass is 9.98. The molecular formula is C27H26FN5O5S. The van der Waals surface area contributed by atoms with Crippen molar-refractivity contribution in [1.29, 1.82) is 0 Å². The Morgan fingerprint density at radius 2 is 1.67 bits per heavy atom. The van der Waals surface area contributed by atoms with Gasteiger partial charge < -0.3 is 18.7 Å². The van der Waals surface area contributed by atoms with Crippen LogP contribution in [0.2, 0.25) is 0 Å². The molecule has 202 valence electrons. The number of fused-ring (bicyclic) bond motifs is 3. The van der Waals surface area contributed by atoms with Crippen molar-refractivity contribution in [2.75, 3.05) is 37.7 Å². The monoisotopic (exact) mass is 551 g/mol. The molecule has 1 saturated heterocycles. The van der Waals surface area contributed by atoms with Crippen LogP contribution in [0.3, 0.4) is 0 Å². The summed E-state index contributed by atoms with van der Waals surface area (Å²) < 4.78 is 45.9. The average Bonchev–Trinajstić information content (AvgIpc) is 3.25. The van der Waals surface area contributed by atoms with E-state index in [0.29, 0.717) is 43.0 Å². The second-order valence-electron chi connectivity index (χ2n) is 9.37. The van der Waals surface area contributed by atoms with Crippen LogP contribution < -0.4 is 9.08 Å². The number of hydrogen-bond donors (Lipinski definition) is 0. The minimum Gasteiger partial charge on any atom is -0.448 e. The minimum absolute atomic E-state index is 0.0325. The summed E-state index contributed by atoms with van der Waals surface area (Å²) in [4.78, 5) is 19.2. The third-order valence-electron chi connectivity index (χ3n) is 7.19. The van der Waals surface area contributed by atoms with Crippen LogP contribution in [0, 0.1) is 6.92 Å². The van der Waals surface area contributed by atoms with Crippen molar-refractivity contribution < 1.29 is 26.0 Å². The van der Waals surface area contributed by atoms with E-state index in [1.165, 1.54) is 6.07 Å². The smallest absolute Gasteiger partial charge is 0.448 e. The molecule has 1 aliphatic heterocycles. The molecule has 39 heavy (non-hydrogen) atoms. The van der Waals surface area contributed by atoms with Crippen LogP contribution in [0.25, 0.3) is 21.6 Å². The number of amides is 1. The van der Waals surface area contributed by atoms with Gasteiger partial charge in [0.25, 0.3) is 0 Å². The predicted molar refractivity (Wildman–Crippen MR) is 144 cm³/mol. The van der Waals surface area contributed by atoms with E-state index in [2.05, 4.69) is 38.5 Å². The highest BCUT2D eigenvalue weighted by Crippen LogP contribution is 2.44. The van der Waals surface area contributed by atoms with E-state index < -0.39 is 16.6 Å². The van der Waals surface area contributed by atoms with Gasteiger partial charge >= 0.3 is 16.6 Å². The maximum absolute atomic E-state index is 13.3. The van der Waals surface area contributed by atoms with Gasteiger partial charge in [-0.2, -0.15) is 8.42 Å². The molecule has 3 aromatic carbocycles. The van der Waals surface area contributed by atoms with Crippen LogP contribution in [0.15, 0.2) is 65.8 Å². The highest BCUT2D eigenvalue weighted by molar-refractivity contribution is 7.81. The SMILES string of the molecule is Cc1c(CN=[N+]=[N-])cc(N2CCN(C(=O)OCC3c4ccccc4-c4ccccc43)CC2)cc1OS(=O)(=O)F. The summed E-state index contributed by atoms with van der Waals surface area (Å²) in [5.41, 5.74) is 14.7. The molecule has 0 spiro atoms. The topological polar surface area (TPSA) is 125 Å². The summed E-state index contributed by atoms with van der Waals surface area (Å²) in [5, 5.41) is 3.54. The van der Waals surface area contributed by atoms with Crippen molar-refractivity contribution in [3.05, 3.63) is 93.4 Å². The number of piperazine rings is 1. The Balaban J connectivity index is 1.25. The Labute approximate surface area is 225 Å². The summed E-state index contributed by atoms with van der Waals surface area (Å²) in [6.07, 6.45) is -0.406. The molecule has 1 fully saturated rings. The van der Waals surface area contributed by atoms with Gasteiger partial charge in [-0.1, -0.05) is 57.5 Å². The van der Waals surface area contributed by atoms with Gasteiger partial charge in [0, 0.05) is 48.8 Å². The zero-order valence-electron chi connectivity index (χ0n) is 21.2. The number of anilines is 1. The normalized spacial score (nSPS) is 14.8. The van der Waals surface area contributed by atoms with E-state index in [1.807, 2.05) is 29.2 Å². The second kappa shape index (κ2) is 10.8. The Bertz CT molecular complexity index is 1520. The number of halogens is 1. The molecule has 10 nitrogen and oxygen atoms in total. The van der Waals surface area contributed by atoms with Crippen molar-refractivity contribution >= 4 is 22.3 Å². The lowest BCUT2D eigenvalue weighted by Gasteiger charge is -2.36. The molecule has 0 radical (unpaired) electrons. The van der Waals surface area contributed by atoms with Crippen molar-refractivity contribution in [2.45, 2.75) is 19.4 Å². The lowest BCUT2D eigenvalue weighted by molar-refractivity contribution is 0.0976. The highest BCUT2D eigenvalue weighted by atomic mass is 32.3. The summed E-state index contributed by atoms with van der Waals surface area (Å²) in [6, 6.07) is 19.4.